The van der Waals surface area contributed by atoms with Crippen LogP contribution in [0.15, 0.2) is 53.9 Å². The predicted octanol–water partition coefficient (Wildman–Crippen LogP) is 3.54. The van der Waals surface area contributed by atoms with Crippen molar-refractivity contribution in [2.24, 2.45) is 0 Å². The number of nitrogens with zero attached hydrogens (tertiary/aromatic N) is 2. The van der Waals surface area contributed by atoms with Crippen LogP contribution >= 0.6 is 0 Å². The van der Waals surface area contributed by atoms with Gasteiger partial charge in [0.05, 0.1) is 17.3 Å². The summed E-state index contributed by atoms with van der Waals surface area (Å²) in [4.78, 5) is 40.0. The van der Waals surface area contributed by atoms with E-state index in [4.69, 9.17) is 5.11 Å². The lowest BCUT2D eigenvalue weighted by atomic mass is 9.96. The summed E-state index contributed by atoms with van der Waals surface area (Å²) < 4.78 is 39.0. The van der Waals surface area contributed by atoms with Gasteiger partial charge in [-0.15, -0.1) is 0 Å². The van der Waals surface area contributed by atoms with E-state index in [1.165, 1.54) is 37.4 Å². The average molecular weight is 405 g/mol. The number of halogens is 3. The summed E-state index contributed by atoms with van der Waals surface area (Å²) >= 11 is 0. The average Bonchev–Trinajstić information content (AvgIpc) is 2.67. The van der Waals surface area contributed by atoms with Crippen LogP contribution in [0.4, 0.5) is 23.7 Å². The highest BCUT2D eigenvalue weighted by Crippen LogP contribution is 2.35. The van der Waals surface area contributed by atoms with E-state index >= 15 is 0 Å². The second-order valence-corrected chi connectivity index (χ2v) is 6.21. The van der Waals surface area contributed by atoms with Gasteiger partial charge in [-0.05, 0) is 36.8 Å². The van der Waals surface area contributed by atoms with Crippen LogP contribution in [0.2, 0.25) is 0 Å². The third-order valence-electron chi connectivity index (χ3n) is 4.43. The minimum absolute atomic E-state index is 0.0491. The zero-order valence-electron chi connectivity index (χ0n) is 14.9. The Morgan fingerprint density at radius 3 is 2.55 bits per heavy atom. The number of benzene rings is 1. The van der Waals surface area contributed by atoms with E-state index in [9.17, 15) is 27.6 Å². The fourth-order valence-corrected chi connectivity index (χ4v) is 3.01. The molecule has 0 bridgehead atoms. The molecular weight excluding hydrogens is 391 g/mol. The number of carboxylic acid groups (broad SMARTS) is 1. The number of aromatic carboxylic acids is 1. The fourth-order valence-electron chi connectivity index (χ4n) is 3.01. The number of aromatic nitrogens is 1. The summed E-state index contributed by atoms with van der Waals surface area (Å²) in [6, 6.07) is 5.15. The van der Waals surface area contributed by atoms with Crippen LogP contribution in [0.3, 0.4) is 0 Å². The normalized spacial score (nSPS) is 17.2. The molecule has 0 radical (unpaired) electrons. The number of pyridine rings is 1. The lowest BCUT2D eigenvalue weighted by Crippen LogP contribution is -2.47. The molecule has 2 N–H and O–H groups in total. The SMILES string of the molecule is CC1=C(C=O)C(c2ccc(C(=O)O)nc2)NC(=O)N1c1cccc(C(F)(F)F)c1. The highest BCUT2D eigenvalue weighted by Gasteiger charge is 2.35. The molecule has 2 aromatic rings. The van der Waals surface area contributed by atoms with Gasteiger partial charge in [-0.2, -0.15) is 13.2 Å². The molecule has 2 heterocycles. The lowest BCUT2D eigenvalue weighted by Gasteiger charge is -2.34. The Balaban J connectivity index is 2.04. The fraction of sp³-hybridized carbons (Fsp3) is 0.158. The molecule has 7 nitrogen and oxygen atoms in total. The van der Waals surface area contributed by atoms with Crippen LogP contribution in [0.25, 0.3) is 0 Å². The van der Waals surface area contributed by atoms with Crippen molar-refractivity contribution in [2.45, 2.75) is 19.1 Å². The van der Waals surface area contributed by atoms with Crippen molar-refractivity contribution in [1.29, 1.82) is 0 Å². The minimum atomic E-state index is -4.59. The minimum Gasteiger partial charge on any atom is -0.477 e. The molecule has 10 heteroatoms. The van der Waals surface area contributed by atoms with Gasteiger partial charge in [-0.1, -0.05) is 12.1 Å². The van der Waals surface area contributed by atoms with Gasteiger partial charge in [0, 0.05) is 17.5 Å². The molecule has 3 rings (SSSR count). The number of alkyl halides is 3. The van der Waals surface area contributed by atoms with Crippen molar-refractivity contribution in [3.8, 4) is 0 Å². The van der Waals surface area contributed by atoms with Crippen molar-refractivity contribution < 1.29 is 32.7 Å². The number of urea groups is 1. The molecule has 0 aliphatic carbocycles. The predicted molar refractivity (Wildman–Crippen MR) is 95.2 cm³/mol. The number of allylic oxidation sites excluding steroid dienone is 1. The first-order valence-corrected chi connectivity index (χ1v) is 8.26. The maximum atomic E-state index is 13.0. The van der Waals surface area contributed by atoms with E-state index in [1.54, 1.807) is 0 Å². The first-order valence-electron chi connectivity index (χ1n) is 8.26. The number of aldehydes is 1. The van der Waals surface area contributed by atoms with Crippen molar-refractivity contribution in [1.82, 2.24) is 10.3 Å². The van der Waals surface area contributed by atoms with Crippen LogP contribution in [0, 0.1) is 0 Å². The maximum absolute atomic E-state index is 13.0. The molecule has 2 amide bonds. The van der Waals surface area contributed by atoms with E-state index in [2.05, 4.69) is 10.3 Å². The van der Waals surface area contributed by atoms with Gasteiger partial charge >= 0.3 is 18.2 Å². The molecule has 1 atom stereocenters. The smallest absolute Gasteiger partial charge is 0.416 e. The van der Waals surface area contributed by atoms with Crippen LogP contribution < -0.4 is 10.2 Å². The number of amides is 2. The molecule has 1 aromatic carbocycles. The zero-order chi connectivity index (χ0) is 21.3. The number of carbonyl (C=O) groups is 3. The Morgan fingerprint density at radius 2 is 2.00 bits per heavy atom. The molecule has 150 valence electrons. The Hall–Kier alpha value is -3.69. The number of hydrogen-bond donors (Lipinski definition) is 2. The van der Waals surface area contributed by atoms with Gasteiger partial charge in [-0.25, -0.2) is 14.6 Å². The standard InChI is InChI=1S/C19H14F3N3O4/c1-10-14(9-26)16(11-5-6-15(17(27)28)23-8-11)24-18(29)25(10)13-4-2-3-12(7-13)19(20,21)22/h2-9,16H,1H3,(H,24,29)(H,27,28). The van der Waals surface area contributed by atoms with Crippen molar-refractivity contribution in [3.05, 3.63) is 70.7 Å². The Bertz CT molecular complexity index is 1020. The maximum Gasteiger partial charge on any atom is 0.416 e. The topological polar surface area (TPSA) is 99.6 Å². The Kier molecular flexibility index (Phi) is 5.10. The molecule has 1 aliphatic heterocycles. The van der Waals surface area contributed by atoms with Gasteiger partial charge in [-0.3, -0.25) is 9.69 Å². The molecule has 0 spiro atoms. The van der Waals surface area contributed by atoms with Crippen molar-refractivity contribution >= 4 is 24.0 Å². The number of anilines is 1. The summed E-state index contributed by atoms with van der Waals surface area (Å²) in [5.41, 5.74) is -0.587. The second kappa shape index (κ2) is 7.38. The van der Waals surface area contributed by atoms with Crippen LogP contribution in [0.1, 0.15) is 34.6 Å². The number of hydrogen-bond acceptors (Lipinski definition) is 4. The van der Waals surface area contributed by atoms with Crippen LogP contribution in [-0.2, 0) is 11.0 Å². The molecule has 1 unspecified atom stereocenters. The van der Waals surface area contributed by atoms with Gasteiger partial charge in [0.15, 0.2) is 0 Å². The third kappa shape index (κ3) is 3.82. The first-order chi connectivity index (χ1) is 13.6. The van der Waals surface area contributed by atoms with Gasteiger partial charge < -0.3 is 10.4 Å². The lowest BCUT2D eigenvalue weighted by molar-refractivity contribution is -0.137. The molecule has 0 saturated heterocycles. The molecule has 1 aromatic heterocycles. The highest BCUT2D eigenvalue weighted by atomic mass is 19.4. The van der Waals surface area contributed by atoms with E-state index in [1.807, 2.05) is 0 Å². The summed E-state index contributed by atoms with van der Waals surface area (Å²) in [7, 11) is 0. The first kappa shape index (κ1) is 20.1. The van der Waals surface area contributed by atoms with Crippen molar-refractivity contribution in [3.63, 3.8) is 0 Å². The molecule has 1 aliphatic rings. The van der Waals surface area contributed by atoms with E-state index < -0.39 is 29.8 Å². The summed E-state index contributed by atoms with van der Waals surface area (Å²) in [5, 5.41) is 11.5. The van der Waals surface area contributed by atoms with E-state index in [0.29, 0.717) is 11.8 Å². The third-order valence-corrected chi connectivity index (χ3v) is 4.43. The number of nitrogens with one attached hydrogen (secondary N) is 1. The van der Waals surface area contributed by atoms with E-state index in [0.717, 1.165) is 17.0 Å². The molecular formula is C19H14F3N3O4. The highest BCUT2D eigenvalue weighted by molar-refractivity contribution is 6.00. The molecule has 0 saturated carbocycles. The number of rotatable bonds is 4. The molecule has 0 fully saturated rings. The Labute approximate surface area is 162 Å². The monoisotopic (exact) mass is 405 g/mol. The largest absolute Gasteiger partial charge is 0.477 e. The summed E-state index contributed by atoms with van der Waals surface area (Å²) in [6.07, 6.45) is -2.89. The van der Waals surface area contributed by atoms with Crippen molar-refractivity contribution in [2.75, 3.05) is 4.90 Å². The quantitative estimate of drug-likeness (QED) is 0.758. The van der Waals surface area contributed by atoms with Gasteiger partial charge in [0.25, 0.3) is 0 Å². The molecule has 29 heavy (non-hydrogen) atoms. The van der Waals surface area contributed by atoms with Gasteiger partial charge in [0.1, 0.15) is 12.0 Å². The second-order valence-electron chi connectivity index (χ2n) is 6.21. The zero-order valence-corrected chi connectivity index (χ0v) is 14.9. The van der Waals surface area contributed by atoms with Crippen LogP contribution in [0.5, 0.6) is 0 Å². The summed E-state index contributed by atoms with van der Waals surface area (Å²) in [5.74, 6) is -1.23. The van der Waals surface area contributed by atoms with Gasteiger partial charge in [0.2, 0.25) is 0 Å². The summed E-state index contributed by atoms with van der Waals surface area (Å²) in [6.45, 7) is 1.44. The number of carbonyl (C=O) groups excluding carboxylic acids is 2. The van der Waals surface area contributed by atoms with E-state index in [-0.39, 0.29) is 22.7 Å². The van der Waals surface area contributed by atoms with Crippen LogP contribution in [-0.4, -0.2) is 28.4 Å². The number of carboxylic acids is 1. The Morgan fingerprint density at radius 1 is 1.28 bits per heavy atom.